The summed E-state index contributed by atoms with van der Waals surface area (Å²) in [6, 6.07) is 3.11. The van der Waals surface area contributed by atoms with Gasteiger partial charge in [0.2, 0.25) is 0 Å². The van der Waals surface area contributed by atoms with Gasteiger partial charge in [0, 0.05) is 18.9 Å². The molecule has 4 bridgehead atoms. The van der Waals surface area contributed by atoms with Gasteiger partial charge in [-0.15, -0.1) is 0 Å². The molecule has 1 aromatic rings. The van der Waals surface area contributed by atoms with Crippen molar-refractivity contribution >= 4 is 23.5 Å². The molecule has 1 aromatic carbocycles. The molecule has 7 nitrogen and oxygen atoms in total. The van der Waals surface area contributed by atoms with E-state index in [1.54, 1.807) is 18.5 Å². The van der Waals surface area contributed by atoms with E-state index in [0.29, 0.717) is 16.7 Å². The molecule has 0 radical (unpaired) electrons. The van der Waals surface area contributed by atoms with Gasteiger partial charge in [-0.25, -0.2) is 9.59 Å². The standard InChI is InChI=1S/C27H32ClNO6/c1-33-22-8-18(7-21(28)24(22)30)23-19(25(31)34-2)12-29(13-20(23)26(32)35-3)14-27-9-15-4-16(10-27)6-17(5-15)11-27/h7-8,12-13,15-17,23,30H,4-6,9-11,14H2,1-3H3. The summed E-state index contributed by atoms with van der Waals surface area (Å²) >= 11 is 6.26. The lowest BCUT2D eigenvalue weighted by Gasteiger charge is -2.57. The molecular formula is C27H32ClNO6. The molecule has 4 fully saturated rings. The monoisotopic (exact) mass is 501 g/mol. The van der Waals surface area contributed by atoms with Crippen molar-refractivity contribution in [1.29, 1.82) is 0 Å². The second-order valence-electron chi connectivity index (χ2n) is 10.7. The molecule has 4 aliphatic carbocycles. The molecule has 188 valence electrons. The Balaban J connectivity index is 1.55. The summed E-state index contributed by atoms with van der Waals surface area (Å²) in [5.74, 6) is 0.456. The van der Waals surface area contributed by atoms with Crippen molar-refractivity contribution in [3.05, 3.63) is 46.3 Å². The van der Waals surface area contributed by atoms with Crippen LogP contribution in [0.15, 0.2) is 35.7 Å². The van der Waals surface area contributed by atoms with Crippen LogP contribution in [0.25, 0.3) is 0 Å². The van der Waals surface area contributed by atoms with Gasteiger partial charge in [0.25, 0.3) is 0 Å². The van der Waals surface area contributed by atoms with Crippen molar-refractivity contribution in [2.45, 2.75) is 44.4 Å². The second-order valence-corrected chi connectivity index (χ2v) is 11.1. The Hall–Kier alpha value is -2.67. The molecule has 0 atom stereocenters. The lowest BCUT2D eigenvalue weighted by atomic mass is 9.49. The number of hydrogen-bond donors (Lipinski definition) is 1. The fraction of sp³-hybridized carbons (Fsp3) is 0.556. The SMILES string of the molecule is COC(=O)C1=CN(CC23CC4CC(CC(C4)C2)C3)C=C(C(=O)OC)C1c1cc(Cl)c(O)c(OC)c1. The van der Waals surface area contributed by atoms with Crippen LogP contribution in [0.5, 0.6) is 11.5 Å². The summed E-state index contributed by atoms with van der Waals surface area (Å²) in [7, 11) is 4.06. The van der Waals surface area contributed by atoms with E-state index in [0.717, 1.165) is 24.3 Å². The third-order valence-electron chi connectivity index (χ3n) is 8.36. The van der Waals surface area contributed by atoms with Gasteiger partial charge in [0.05, 0.1) is 43.4 Å². The number of benzene rings is 1. The van der Waals surface area contributed by atoms with Crippen LogP contribution in [0, 0.1) is 23.2 Å². The summed E-state index contributed by atoms with van der Waals surface area (Å²) in [6.07, 6.45) is 11.2. The molecule has 5 aliphatic rings. The van der Waals surface area contributed by atoms with Crippen molar-refractivity contribution < 1.29 is 28.9 Å². The molecule has 8 heteroatoms. The fourth-order valence-corrected chi connectivity index (χ4v) is 7.74. The third kappa shape index (κ3) is 4.28. The highest BCUT2D eigenvalue weighted by molar-refractivity contribution is 6.32. The van der Waals surface area contributed by atoms with Crippen molar-refractivity contribution in [2.24, 2.45) is 23.2 Å². The second kappa shape index (κ2) is 9.08. The number of esters is 2. The van der Waals surface area contributed by atoms with Gasteiger partial charge in [-0.3, -0.25) is 0 Å². The number of carbonyl (C=O) groups excluding carboxylic acids is 2. The van der Waals surface area contributed by atoms with Crippen LogP contribution in [-0.2, 0) is 19.1 Å². The third-order valence-corrected chi connectivity index (χ3v) is 8.65. The topological polar surface area (TPSA) is 85.3 Å². The zero-order valence-electron chi connectivity index (χ0n) is 20.4. The van der Waals surface area contributed by atoms with E-state index in [1.165, 1.54) is 65.9 Å². The Morgan fingerprint density at radius 2 is 1.49 bits per heavy atom. The number of ether oxygens (including phenoxy) is 3. The Labute approximate surface area is 210 Å². The van der Waals surface area contributed by atoms with Crippen LogP contribution < -0.4 is 4.74 Å². The van der Waals surface area contributed by atoms with E-state index in [-0.39, 0.29) is 21.9 Å². The quantitative estimate of drug-likeness (QED) is 0.561. The van der Waals surface area contributed by atoms with E-state index in [2.05, 4.69) is 0 Å². The number of rotatable bonds is 6. The van der Waals surface area contributed by atoms with E-state index in [4.69, 9.17) is 25.8 Å². The van der Waals surface area contributed by atoms with Crippen LogP contribution in [0.3, 0.4) is 0 Å². The molecule has 1 heterocycles. The number of aromatic hydroxyl groups is 1. The average molecular weight is 502 g/mol. The van der Waals surface area contributed by atoms with Crippen molar-refractivity contribution in [2.75, 3.05) is 27.9 Å². The van der Waals surface area contributed by atoms with Crippen LogP contribution >= 0.6 is 11.6 Å². The summed E-state index contributed by atoms with van der Waals surface area (Å²) < 4.78 is 15.5. The van der Waals surface area contributed by atoms with Gasteiger partial charge in [0.1, 0.15) is 0 Å². The molecule has 0 amide bonds. The summed E-state index contributed by atoms with van der Waals surface area (Å²) in [5.41, 5.74) is 1.34. The van der Waals surface area contributed by atoms with Gasteiger partial charge < -0.3 is 24.2 Å². The Bertz CT molecular complexity index is 1040. The lowest BCUT2D eigenvalue weighted by molar-refractivity contribution is -0.137. The minimum atomic E-state index is -0.783. The summed E-state index contributed by atoms with van der Waals surface area (Å²) in [5, 5.41) is 10.3. The van der Waals surface area contributed by atoms with Crippen LogP contribution in [0.1, 0.15) is 50.0 Å². The number of halogens is 1. The molecule has 0 spiro atoms. The molecule has 4 saturated carbocycles. The van der Waals surface area contributed by atoms with Crippen LogP contribution in [0.2, 0.25) is 5.02 Å². The first kappa shape index (κ1) is 24.0. The van der Waals surface area contributed by atoms with Crippen LogP contribution in [-0.4, -0.2) is 49.8 Å². The van der Waals surface area contributed by atoms with Crippen molar-refractivity contribution in [3.63, 3.8) is 0 Å². The van der Waals surface area contributed by atoms with E-state index >= 15 is 0 Å². The molecule has 0 saturated heterocycles. The molecular weight excluding hydrogens is 470 g/mol. The summed E-state index contributed by atoms with van der Waals surface area (Å²) in [4.78, 5) is 28.0. The maximum absolute atomic E-state index is 13.0. The Morgan fingerprint density at radius 3 is 1.94 bits per heavy atom. The first-order chi connectivity index (χ1) is 16.8. The highest BCUT2D eigenvalue weighted by Crippen LogP contribution is 2.60. The maximum Gasteiger partial charge on any atom is 0.336 e. The number of methoxy groups -OCH3 is 3. The predicted octanol–water partition coefficient (Wildman–Crippen LogP) is 4.78. The number of phenols is 1. The van der Waals surface area contributed by atoms with Gasteiger partial charge in [-0.1, -0.05) is 11.6 Å². The Kier molecular flexibility index (Phi) is 6.24. The highest BCUT2D eigenvalue weighted by Gasteiger charge is 2.51. The zero-order chi connectivity index (χ0) is 24.9. The zero-order valence-corrected chi connectivity index (χ0v) is 21.1. The van der Waals surface area contributed by atoms with E-state index in [9.17, 15) is 14.7 Å². The number of phenolic OH excluding ortho intramolecular Hbond substituents is 1. The smallest absolute Gasteiger partial charge is 0.336 e. The van der Waals surface area contributed by atoms with Crippen LogP contribution in [0.4, 0.5) is 0 Å². The molecule has 1 N–H and O–H groups in total. The maximum atomic E-state index is 13.0. The van der Waals surface area contributed by atoms with Gasteiger partial charge >= 0.3 is 11.9 Å². The van der Waals surface area contributed by atoms with Crippen molar-refractivity contribution in [3.8, 4) is 11.5 Å². The van der Waals surface area contributed by atoms with Gasteiger partial charge in [0.15, 0.2) is 11.5 Å². The normalized spacial score (nSPS) is 29.5. The summed E-state index contributed by atoms with van der Waals surface area (Å²) in [6.45, 7) is 0.754. The largest absolute Gasteiger partial charge is 0.503 e. The van der Waals surface area contributed by atoms with Gasteiger partial charge in [-0.2, -0.15) is 0 Å². The lowest BCUT2D eigenvalue weighted by Crippen LogP contribution is -2.50. The molecule has 35 heavy (non-hydrogen) atoms. The van der Waals surface area contributed by atoms with Gasteiger partial charge in [-0.05, 0) is 79.4 Å². The molecule has 1 aliphatic heterocycles. The van der Waals surface area contributed by atoms with E-state index in [1.807, 2.05) is 4.90 Å². The first-order valence-corrected chi connectivity index (χ1v) is 12.6. The first-order valence-electron chi connectivity index (χ1n) is 12.2. The predicted molar refractivity (Wildman–Crippen MR) is 130 cm³/mol. The molecule has 0 unspecified atom stereocenters. The number of nitrogens with zero attached hydrogens (tertiary/aromatic N) is 1. The fourth-order valence-electron chi connectivity index (χ4n) is 7.53. The Morgan fingerprint density at radius 1 is 0.971 bits per heavy atom. The minimum Gasteiger partial charge on any atom is -0.503 e. The highest BCUT2D eigenvalue weighted by atomic mass is 35.5. The van der Waals surface area contributed by atoms with Crippen molar-refractivity contribution in [1.82, 2.24) is 4.90 Å². The number of hydrogen-bond acceptors (Lipinski definition) is 7. The molecule has 0 aromatic heterocycles. The number of carbonyl (C=O) groups is 2. The molecule has 6 rings (SSSR count). The average Bonchev–Trinajstić information content (AvgIpc) is 2.83. The minimum absolute atomic E-state index is 0.0591. The van der Waals surface area contributed by atoms with E-state index < -0.39 is 17.9 Å².